The molecule has 0 aliphatic heterocycles. The van der Waals surface area contributed by atoms with Gasteiger partial charge in [-0.25, -0.2) is 14.1 Å². The molecular formula is C18H14Cl2FN3O. The van der Waals surface area contributed by atoms with Crippen LogP contribution in [0.2, 0.25) is 10.0 Å². The minimum absolute atomic E-state index is 0.348. The summed E-state index contributed by atoms with van der Waals surface area (Å²) in [5.74, 6) is -0.929. The maximum atomic E-state index is 13.2. The van der Waals surface area contributed by atoms with E-state index in [4.69, 9.17) is 23.2 Å². The van der Waals surface area contributed by atoms with Gasteiger partial charge in [0.05, 0.1) is 16.0 Å². The molecule has 1 heterocycles. The molecule has 128 valence electrons. The van der Waals surface area contributed by atoms with Crippen LogP contribution in [0.4, 0.5) is 4.39 Å². The zero-order valence-corrected chi connectivity index (χ0v) is 14.5. The van der Waals surface area contributed by atoms with Gasteiger partial charge < -0.3 is 5.11 Å². The summed E-state index contributed by atoms with van der Waals surface area (Å²) in [6, 6.07) is 11.0. The molecule has 7 heteroatoms. The maximum Gasteiger partial charge on any atom is 0.159 e. The minimum atomic E-state index is -1.07. The lowest BCUT2D eigenvalue weighted by atomic mass is 9.86. The first-order chi connectivity index (χ1) is 12.0. The molecule has 0 aliphatic rings. The lowest BCUT2D eigenvalue weighted by molar-refractivity contribution is 0.0785. The lowest BCUT2D eigenvalue weighted by Crippen LogP contribution is -2.19. The molecule has 0 saturated carbocycles. The molecule has 0 saturated heterocycles. The SMILES string of the molecule is C=C(c1ccc(F)cc1)C(c1ccc(Cl)c(Cl)c1)C(O)n1cncn1. The molecule has 4 nitrogen and oxygen atoms in total. The second-order valence-corrected chi connectivity index (χ2v) is 6.29. The number of aliphatic hydroxyl groups excluding tert-OH is 1. The van der Waals surface area contributed by atoms with Crippen LogP contribution in [0.5, 0.6) is 0 Å². The summed E-state index contributed by atoms with van der Waals surface area (Å²) < 4.78 is 14.5. The fourth-order valence-corrected chi connectivity index (χ4v) is 2.92. The van der Waals surface area contributed by atoms with Gasteiger partial charge in [-0.15, -0.1) is 0 Å². The first kappa shape index (κ1) is 17.6. The van der Waals surface area contributed by atoms with Crippen molar-refractivity contribution in [3.05, 3.63) is 88.7 Å². The molecule has 25 heavy (non-hydrogen) atoms. The van der Waals surface area contributed by atoms with Crippen LogP contribution in [0, 0.1) is 5.82 Å². The number of aliphatic hydroxyl groups is 1. The quantitative estimate of drug-likeness (QED) is 0.700. The topological polar surface area (TPSA) is 50.9 Å². The zero-order valence-electron chi connectivity index (χ0n) is 13.0. The summed E-state index contributed by atoms with van der Waals surface area (Å²) in [4.78, 5) is 3.86. The van der Waals surface area contributed by atoms with E-state index in [1.165, 1.54) is 29.5 Å². The molecule has 3 aromatic rings. The highest BCUT2D eigenvalue weighted by Gasteiger charge is 2.27. The Kier molecular flexibility index (Phi) is 5.18. The molecule has 1 aromatic heterocycles. The Bertz CT molecular complexity index is 882. The van der Waals surface area contributed by atoms with Crippen molar-refractivity contribution in [1.82, 2.24) is 14.8 Å². The summed E-state index contributed by atoms with van der Waals surface area (Å²) in [6.45, 7) is 4.09. The van der Waals surface area contributed by atoms with Gasteiger partial charge in [-0.05, 0) is 41.0 Å². The Morgan fingerprint density at radius 2 is 1.84 bits per heavy atom. The van der Waals surface area contributed by atoms with Crippen LogP contribution >= 0.6 is 23.2 Å². The molecule has 0 fully saturated rings. The van der Waals surface area contributed by atoms with Gasteiger partial charge >= 0.3 is 0 Å². The summed E-state index contributed by atoms with van der Waals surface area (Å²) in [6.07, 6.45) is 1.67. The molecule has 2 aromatic carbocycles. The smallest absolute Gasteiger partial charge is 0.159 e. The summed E-state index contributed by atoms with van der Waals surface area (Å²) >= 11 is 12.1. The Morgan fingerprint density at radius 1 is 1.12 bits per heavy atom. The monoisotopic (exact) mass is 377 g/mol. The van der Waals surface area contributed by atoms with Crippen molar-refractivity contribution < 1.29 is 9.50 Å². The third-order valence-corrected chi connectivity index (χ3v) is 4.64. The third kappa shape index (κ3) is 3.74. The zero-order chi connectivity index (χ0) is 18.0. The molecule has 1 N–H and O–H groups in total. The number of hydrogen-bond donors (Lipinski definition) is 1. The highest BCUT2D eigenvalue weighted by molar-refractivity contribution is 6.42. The van der Waals surface area contributed by atoms with Crippen LogP contribution in [-0.2, 0) is 0 Å². The number of rotatable bonds is 5. The van der Waals surface area contributed by atoms with E-state index in [-0.39, 0.29) is 5.82 Å². The summed E-state index contributed by atoms with van der Waals surface area (Å²) in [5, 5.41) is 15.6. The Hall–Kier alpha value is -2.21. The summed E-state index contributed by atoms with van der Waals surface area (Å²) in [7, 11) is 0. The van der Waals surface area contributed by atoms with E-state index in [2.05, 4.69) is 16.7 Å². The molecule has 0 radical (unpaired) electrons. The number of aromatic nitrogens is 3. The van der Waals surface area contributed by atoms with E-state index in [0.29, 0.717) is 26.7 Å². The predicted octanol–water partition coefficient (Wildman–Crippen LogP) is 4.71. The van der Waals surface area contributed by atoms with Crippen LogP contribution in [0.1, 0.15) is 23.3 Å². The van der Waals surface area contributed by atoms with Crippen molar-refractivity contribution in [3.63, 3.8) is 0 Å². The number of hydrogen-bond acceptors (Lipinski definition) is 3. The van der Waals surface area contributed by atoms with Crippen molar-refractivity contribution in [3.8, 4) is 0 Å². The van der Waals surface area contributed by atoms with Crippen molar-refractivity contribution >= 4 is 28.8 Å². The average molecular weight is 378 g/mol. The number of nitrogens with zero attached hydrogens (tertiary/aromatic N) is 3. The van der Waals surface area contributed by atoms with Crippen molar-refractivity contribution in [2.75, 3.05) is 0 Å². The van der Waals surface area contributed by atoms with Crippen molar-refractivity contribution in [2.45, 2.75) is 12.1 Å². The predicted molar refractivity (Wildman–Crippen MR) is 95.9 cm³/mol. The van der Waals surface area contributed by atoms with Gasteiger partial charge in [-0.1, -0.05) is 48.0 Å². The van der Waals surface area contributed by atoms with Gasteiger partial charge in [-0.3, -0.25) is 0 Å². The Balaban J connectivity index is 2.06. The lowest BCUT2D eigenvalue weighted by Gasteiger charge is -2.26. The van der Waals surface area contributed by atoms with E-state index in [9.17, 15) is 9.50 Å². The molecule has 2 unspecified atom stereocenters. The van der Waals surface area contributed by atoms with Crippen molar-refractivity contribution in [2.24, 2.45) is 0 Å². The van der Waals surface area contributed by atoms with Crippen molar-refractivity contribution in [1.29, 1.82) is 0 Å². The van der Waals surface area contributed by atoms with Crippen LogP contribution in [-0.4, -0.2) is 19.9 Å². The molecule has 0 spiro atoms. The number of benzene rings is 2. The summed E-state index contributed by atoms with van der Waals surface area (Å²) in [5.41, 5.74) is 1.98. The van der Waals surface area contributed by atoms with Gasteiger partial charge in [0.1, 0.15) is 18.5 Å². The highest BCUT2D eigenvalue weighted by atomic mass is 35.5. The van der Waals surface area contributed by atoms with Gasteiger partial charge in [0.2, 0.25) is 0 Å². The Labute approximate surface area is 154 Å². The molecular weight excluding hydrogens is 364 g/mol. The number of halogens is 3. The van der Waals surface area contributed by atoms with Gasteiger partial charge in [0.15, 0.2) is 6.23 Å². The fourth-order valence-electron chi connectivity index (χ4n) is 2.61. The van der Waals surface area contributed by atoms with Crippen LogP contribution in [0.25, 0.3) is 5.57 Å². The van der Waals surface area contributed by atoms with Crippen LogP contribution in [0.15, 0.2) is 61.7 Å². The molecule has 3 rings (SSSR count). The minimum Gasteiger partial charge on any atom is -0.371 e. The average Bonchev–Trinajstić information content (AvgIpc) is 3.13. The van der Waals surface area contributed by atoms with Crippen LogP contribution in [0.3, 0.4) is 0 Å². The van der Waals surface area contributed by atoms with E-state index < -0.39 is 12.1 Å². The van der Waals surface area contributed by atoms with Crippen LogP contribution < -0.4 is 0 Å². The maximum absolute atomic E-state index is 13.2. The first-order valence-electron chi connectivity index (χ1n) is 7.39. The van der Waals surface area contributed by atoms with E-state index in [1.54, 1.807) is 30.3 Å². The third-order valence-electron chi connectivity index (χ3n) is 3.90. The van der Waals surface area contributed by atoms with E-state index in [1.807, 2.05) is 0 Å². The fraction of sp³-hybridized carbons (Fsp3) is 0.111. The second-order valence-electron chi connectivity index (χ2n) is 5.47. The Morgan fingerprint density at radius 3 is 2.44 bits per heavy atom. The van der Waals surface area contributed by atoms with Gasteiger partial charge in [-0.2, -0.15) is 5.10 Å². The van der Waals surface area contributed by atoms with Gasteiger partial charge in [0.25, 0.3) is 0 Å². The standard InChI is InChI=1S/C18H14Cl2FN3O/c1-11(12-2-5-14(21)6-3-12)17(18(25)24-10-22-9-23-24)13-4-7-15(19)16(20)8-13/h2-10,17-18,25H,1H2. The molecule has 0 bridgehead atoms. The van der Waals surface area contributed by atoms with Gasteiger partial charge in [0, 0.05) is 0 Å². The molecule has 0 aliphatic carbocycles. The highest BCUT2D eigenvalue weighted by Crippen LogP contribution is 2.39. The van der Waals surface area contributed by atoms with E-state index in [0.717, 1.165) is 0 Å². The normalized spacial score (nSPS) is 13.4. The molecule has 0 amide bonds. The first-order valence-corrected chi connectivity index (χ1v) is 8.15. The second kappa shape index (κ2) is 7.35. The molecule has 2 atom stereocenters. The largest absolute Gasteiger partial charge is 0.371 e. The van der Waals surface area contributed by atoms with E-state index >= 15 is 0 Å².